The number of aliphatic hydroxyl groups excluding tert-OH is 1. The van der Waals surface area contributed by atoms with Crippen molar-refractivity contribution in [2.24, 2.45) is 0 Å². The van der Waals surface area contributed by atoms with Crippen LogP contribution < -0.4 is 10.6 Å². The van der Waals surface area contributed by atoms with E-state index >= 15 is 0 Å². The lowest BCUT2D eigenvalue weighted by Crippen LogP contribution is -2.50. The maximum atomic E-state index is 12.0. The monoisotopic (exact) mass is 483 g/mol. The molecule has 10 nitrogen and oxygen atoms in total. The molecular weight excluding hydrogens is 454 g/mol. The lowest BCUT2D eigenvalue weighted by Gasteiger charge is -2.35. The number of hydrogen-bond donors (Lipinski definition) is 2. The van der Waals surface area contributed by atoms with Crippen molar-refractivity contribution in [2.75, 3.05) is 56.5 Å². The minimum atomic E-state index is -0.938. The van der Waals surface area contributed by atoms with Gasteiger partial charge in [0.1, 0.15) is 18.0 Å². The number of fused-ring (bicyclic) bond motifs is 1. The quantitative estimate of drug-likeness (QED) is 0.553. The summed E-state index contributed by atoms with van der Waals surface area (Å²) in [5.74, 6) is 1.01. The molecule has 0 bridgehead atoms. The van der Waals surface area contributed by atoms with Crippen LogP contribution in [-0.2, 0) is 16.1 Å². The number of ether oxygens (including phenoxy) is 1. The summed E-state index contributed by atoms with van der Waals surface area (Å²) in [5, 5.41) is 9.52. The number of hydrogen-bond acceptors (Lipinski definition) is 10. The van der Waals surface area contributed by atoms with Crippen molar-refractivity contribution < 1.29 is 14.6 Å². The smallest absolute Gasteiger partial charge is 0.251 e. The summed E-state index contributed by atoms with van der Waals surface area (Å²) in [6, 6.07) is 5.88. The minimum absolute atomic E-state index is 0.0986. The summed E-state index contributed by atoms with van der Waals surface area (Å²) >= 11 is 1.71. The molecular formula is C23H29N7O3S. The number of anilines is 2. The number of aromatic nitrogens is 3. The molecule has 0 radical (unpaired) electrons. The lowest BCUT2D eigenvalue weighted by atomic mass is 10.1. The number of nitrogen functional groups attached to an aromatic ring is 1. The fourth-order valence-corrected chi connectivity index (χ4v) is 5.38. The van der Waals surface area contributed by atoms with Crippen LogP contribution in [0.2, 0.25) is 0 Å². The van der Waals surface area contributed by atoms with Crippen molar-refractivity contribution >= 4 is 39.2 Å². The molecule has 5 heterocycles. The number of rotatable bonds is 5. The van der Waals surface area contributed by atoms with Gasteiger partial charge in [-0.05, 0) is 19.1 Å². The van der Waals surface area contributed by atoms with Gasteiger partial charge in [-0.25, -0.2) is 15.0 Å². The molecule has 11 heteroatoms. The number of amides is 1. The van der Waals surface area contributed by atoms with Crippen LogP contribution >= 0.6 is 11.3 Å². The van der Waals surface area contributed by atoms with Gasteiger partial charge in [0.25, 0.3) is 5.91 Å². The molecule has 2 saturated heterocycles. The zero-order valence-electron chi connectivity index (χ0n) is 19.1. The molecule has 1 amide bonds. The Bertz CT molecular complexity index is 1150. The second-order valence-electron chi connectivity index (χ2n) is 8.73. The number of thiophene rings is 1. The Morgan fingerprint density at radius 3 is 2.79 bits per heavy atom. The highest BCUT2D eigenvalue weighted by molar-refractivity contribution is 7.18. The van der Waals surface area contributed by atoms with E-state index in [0.29, 0.717) is 38.0 Å². The second kappa shape index (κ2) is 9.79. The van der Waals surface area contributed by atoms with E-state index in [-0.39, 0.29) is 12.0 Å². The highest BCUT2D eigenvalue weighted by Gasteiger charge is 2.26. The number of nitrogens with zero attached hydrogens (tertiary/aromatic N) is 6. The summed E-state index contributed by atoms with van der Waals surface area (Å²) in [7, 11) is 0. The first-order valence-corrected chi connectivity index (χ1v) is 12.3. The fraction of sp³-hybridized carbons (Fsp3) is 0.478. The maximum absolute atomic E-state index is 12.0. The van der Waals surface area contributed by atoms with Crippen molar-refractivity contribution in [1.29, 1.82) is 0 Å². The molecule has 0 aliphatic carbocycles. The van der Waals surface area contributed by atoms with Gasteiger partial charge in [-0.3, -0.25) is 9.69 Å². The van der Waals surface area contributed by atoms with Crippen LogP contribution in [0.15, 0.2) is 30.6 Å². The largest absolute Gasteiger partial charge is 0.384 e. The predicted molar refractivity (Wildman–Crippen MR) is 131 cm³/mol. The Hall–Kier alpha value is -2.86. The van der Waals surface area contributed by atoms with E-state index in [9.17, 15) is 9.90 Å². The van der Waals surface area contributed by atoms with E-state index in [1.54, 1.807) is 28.5 Å². The van der Waals surface area contributed by atoms with Crippen LogP contribution in [0.4, 0.5) is 11.8 Å². The molecule has 3 aromatic rings. The van der Waals surface area contributed by atoms with E-state index in [4.69, 9.17) is 15.5 Å². The summed E-state index contributed by atoms with van der Waals surface area (Å²) in [4.78, 5) is 33.1. The molecule has 2 aliphatic heterocycles. The average molecular weight is 484 g/mol. The van der Waals surface area contributed by atoms with Crippen LogP contribution in [0, 0.1) is 0 Å². The van der Waals surface area contributed by atoms with E-state index in [0.717, 1.165) is 42.0 Å². The number of carbonyl (C=O) groups excluding carboxylic acids is 1. The van der Waals surface area contributed by atoms with E-state index in [2.05, 4.69) is 25.8 Å². The van der Waals surface area contributed by atoms with Crippen LogP contribution in [0.1, 0.15) is 23.5 Å². The first kappa shape index (κ1) is 22.9. The molecule has 1 unspecified atom stereocenters. The van der Waals surface area contributed by atoms with Gasteiger partial charge in [-0.1, -0.05) is 6.07 Å². The zero-order valence-corrected chi connectivity index (χ0v) is 19.9. The molecule has 180 valence electrons. The van der Waals surface area contributed by atoms with Gasteiger partial charge in [-0.15, -0.1) is 11.3 Å². The molecule has 34 heavy (non-hydrogen) atoms. The highest BCUT2D eigenvalue weighted by Crippen LogP contribution is 2.29. The Morgan fingerprint density at radius 1 is 1.24 bits per heavy atom. The van der Waals surface area contributed by atoms with Crippen molar-refractivity contribution in [3.8, 4) is 0 Å². The van der Waals surface area contributed by atoms with Crippen LogP contribution in [0.25, 0.3) is 10.2 Å². The predicted octanol–water partition coefficient (Wildman–Crippen LogP) is 1.27. The maximum Gasteiger partial charge on any atom is 0.251 e. The second-order valence-corrected chi connectivity index (χ2v) is 9.90. The number of piperazine rings is 1. The highest BCUT2D eigenvalue weighted by atomic mass is 32.1. The van der Waals surface area contributed by atoms with Gasteiger partial charge in [0.15, 0.2) is 0 Å². The van der Waals surface area contributed by atoms with Gasteiger partial charge in [0.05, 0.1) is 29.6 Å². The Morgan fingerprint density at radius 2 is 2.06 bits per heavy atom. The summed E-state index contributed by atoms with van der Waals surface area (Å²) < 4.78 is 7.01. The van der Waals surface area contributed by atoms with Crippen LogP contribution in [0.3, 0.4) is 0 Å². The number of morpholine rings is 1. The summed E-state index contributed by atoms with van der Waals surface area (Å²) in [6.07, 6.45) is 2.63. The third-order valence-corrected chi connectivity index (χ3v) is 7.30. The molecule has 3 N–H and O–H groups in total. The topological polar surface area (TPSA) is 121 Å². The van der Waals surface area contributed by atoms with Crippen molar-refractivity contribution in [2.45, 2.75) is 25.7 Å². The number of carbonyl (C=O) groups is 1. The number of pyridine rings is 1. The Balaban J connectivity index is 1.23. The summed E-state index contributed by atoms with van der Waals surface area (Å²) in [5.41, 5.74) is 7.65. The Kier molecular flexibility index (Phi) is 6.59. The number of aliphatic hydroxyl groups is 1. The first-order chi connectivity index (χ1) is 16.5. The molecule has 0 saturated carbocycles. The van der Waals surface area contributed by atoms with Crippen molar-refractivity contribution in [3.05, 3.63) is 41.0 Å². The lowest BCUT2D eigenvalue weighted by molar-refractivity contribution is -0.141. The summed E-state index contributed by atoms with van der Waals surface area (Å²) in [6.45, 7) is 7.18. The SMILES string of the molecule is CC(O)C(=O)N1CCN(Cc2cc3nc(N4CCO[C@@H](c5ccc(N)nc5)C4)ncc3s2)CC1. The Labute approximate surface area is 202 Å². The molecule has 5 rings (SSSR count). The van der Waals surface area contributed by atoms with Gasteiger partial charge >= 0.3 is 0 Å². The molecule has 2 aliphatic rings. The third-order valence-electron chi connectivity index (χ3n) is 6.26. The normalized spacial score (nSPS) is 20.6. The first-order valence-electron chi connectivity index (χ1n) is 11.5. The minimum Gasteiger partial charge on any atom is -0.384 e. The van der Waals surface area contributed by atoms with Gasteiger partial charge in [0.2, 0.25) is 5.95 Å². The van der Waals surface area contributed by atoms with Gasteiger partial charge < -0.3 is 25.4 Å². The van der Waals surface area contributed by atoms with E-state index in [1.165, 1.54) is 11.8 Å². The molecule has 0 spiro atoms. The van der Waals surface area contributed by atoms with Gasteiger partial charge in [-0.2, -0.15) is 0 Å². The van der Waals surface area contributed by atoms with Crippen LogP contribution in [0.5, 0.6) is 0 Å². The zero-order chi connectivity index (χ0) is 23.7. The fourth-order valence-electron chi connectivity index (χ4n) is 4.36. The van der Waals surface area contributed by atoms with E-state index in [1.807, 2.05) is 12.3 Å². The van der Waals surface area contributed by atoms with Crippen molar-refractivity contribution in [3.63, 3.8) is 0 Å². The molecule has 2 fully saturated rings. The average Bonchev–Trinajstić information content (AvgIpc) is 3.26. The number of nitrogens with two attached hydrogens (primary N) is 1. The van der Waals surface area contributed by atoms with Crippen LogP contribution in [-0.4, -0.2) is 87.7 Å². The van der Waals surface area contributed by atoms with Crippen molar-refractivity contribution in [1.82, 2.24) is 24.8 Å². The standard InChI is InChI=1S/C23H29N7O3S/c1-15(31)22(32)29-6-4-28(5-7-29)13-17-10-18-20(34-17)12-26-23(27-18)30-8-9-33-19(14-30)16-2-3-21(24)25-11-16/h2-3,10-12,15,19,31H,4-9,13-14H2,1H3,(H2,24,25)/t15?,19-/m1/s1. The molecule has 0 aromatic carbocycles. The van der Waals surface area contributed by atoms with Gasteiger partial charge in [0, 0.05) is 55.9 Å². The van der Waals surface area contributed by atoms with E-state index < -0.39 is 6.10 Å². The molecule has 3 aromatic heterocycles. The molecule has 2 atom stereocenters. The third kappa shape index (κ3) is 4.97.